The van der Waals surface area contributed by atoms with Crippen LogP contribution in [0.2, 0.25) is 0 Å². The van der Waals surface area contributed by atoms with Gasteiger partial charge in [-0.1, -0.05) is 36.4 Å². The maximum absolute atomic E-state index is 3.23. The van der Waals surface area contributed by atoms with Crippen LogP contribution in [0.1, 0.15) is 11.1 Å². The fraction of sp³-hybridized carbons (Fsp3) is 0. The first kappa shape index (κ1) is 14.2. The van der Waals surface area contributed by atoms with Gasteiger partial charge in [0.15, 0.2) is 0 Å². The van der Waals surface area contributed by atoms with Gasteiger partial charge in [-0.2, -0.15) is 0 Å². The SMILES string of the molecule is [Br][Zr][Br].c1ccc([CH-]c2ccccc2)cc1. The third-order valence-electron chi connectivity index (χ3n) is 1.93. The fourth-order valence-electron chi connectivity index (χ4n) is 1.29. The van der Waals surface area contributed by atoms with E-state index in [1.54, 1.807) is 0 Å². The predicted molar refractivity (Wildman–Crippen MR) is 73.2 cm³/mol. The number of hydrogen-bond acceptors (Lipinski definition) is 0. The van der Waals surface area contributed by atoms with Crippen molar-refractivity contribution in [3.8, 4) is 0 Å². The Balaban J connectivity index is 0.000000386. The van der Waals surface area contributed by atoms with E-state index in [0.717, 1.165) is 0 Å². The van der Waals surface area contributed by atoms with Gasteiger partial charge in [0.05, 0.1) is 0 Å². The average Bonchev–Trinajstić information content (AvgIpc) is 2.33. The van der Waals surface area contributed by atoms with Crippen molar-refractivity contribution in [3.63, 3.8) is 0 Å². The van der Waals surface area contributed by atoms with Crippen molar-refractivity contribution in [2.75, 3.05) is 0 Å². The summed E-state index contributed by atoms with van der Waals surface area (Å²) in [6.07, 6.45) is 2.17. The smallest absolute Gasteiger partial charge is 0.0771 e. The van der Waals surface area contributed by atoms with Crippen molar-refractivity contribution in [1.29, 1.82) is 0 Å². The van der Waals surface area contributed by atoms with Crippen LogP contribution >= 0.6 is 24.4 Å². The molecular formula is C13H11Br2Zr-. The molecule has 0 fully saturated rings. The predicted octanol–water partition coefficient (Wildman–Crippen LogP) is 4.98. The van der Waals surface area contributed by atoms with Gasteiger partial charge in [-0.3, -0.25) is 0 Å². The van der Waals surface area contributed by atoms with E-state index in [1.807, 2.05) is 12.1 Å². The molecule has 0 saturated heterocycles. The van der Waals surface area contributed by atoms with Gasteiger partial charge in [0.25, 0.3) is 0 Å². The Hall–Kier alpha value is 0.153. The molecule has 0 aliphatic carbocycles. The van der Waals surface area contributed by atoms with Gasteiger partial charge in [0.2, 0.25) is 0 Å². The van der Waals surface area contributed by atoms with Crippen molar-refractivity contribution in [2.45, 2.75) is 0 Å². The monoisotopic (exact) mass is 415 g/mol. The van der Waals surface area contributed by atoms with E-state index in [-0.39, 0.29) is 18.5 Å². The Morgan fingerprint density at radius 2 is 1.00 bits per heavy atom. The molecule has 0 saturated carbocycles. The Morgan fingerprint density at radius 1 is 0.688 bits per heavy atom. The minimum Gasteiger partial charge on any atom is -0.126 e. The quantitative estimate of drug-likeness (QED) is 0.604. The first-order chi connectivity index (χ1) is 7.86. The molecule has 0 aromatic heterocycles. The molecule has 16 heavy (non-hydrogen) atoms. The van der Waals surface area contributed by atoms with Crippen LogP contribution in [0, 0.1) is 6.42 Å². The molecule has 0 aliphatic heterocycles. The molecule has 0 aliphatic rings. The Labute approximate surface area is 120 Å². The van der Waals surface area contributed by atoms with E-state index < -0.39 is 0 Å². The summed E-state index contributed by atoms with van der Waals surface area (Å²) in [7, 11) is 0. The summed E-state index contributed by atoms with van der Waals surface area (Å²) in [4.78, 5) is 0. The van der Waals surface area contributed by atoms with Crippen LogP contribution in [0.15, 0.2) is 60.7 Å². The average molecular weight is 418 g/mol. The number of benzene rings is 2. The fourth-order valence-corrected chi connectivity index (χ4v) is 1.29. The number of halogens is 2. The maximum atomic E-state index is 3.23. The van der Waals surface area contributed by atoms with E-state index in [1.165, 1.54) is 11.1 Å². The second-order valence-corrected chi connectivity index (χ2v) is 14.4. The van der Waals surface area contributed by atoms with Crippen molar-refractivity contribution < 1.29 is 18.5 Å². The summed E-state index contributed by atoms with van der Waals surface area (Å²) >= 11 is 6.32. The molecule has 0 spiro atoms. The second-order valence-electron chi connectivity index (χ2n) is 3.04. The summed E-state index contributed by atoms with van der Waals surface area (Å²) in [5.74, 6) is 0. The van der Waals surface area contributed by atoms with Gasteiger partial charge in [-0.25, -0.2) is 0 Å². The summed E-state index contributed by atoms with van der Waals surface area (Å²) in [5, 5.41) is 0. The summed E-state index contributed by atoms with van der Waals surface area (Å²) in [6, 6.07) is 20.7. The van der Waals surface area contributed by atoms with Crippen molar-refractivity contribution in [1.82, 2.24) is 0 Å². The molecule has 0 heterocycles. The van der Waals surface area contributed by atoms with Gasteiger partial charge in [-0.05, 0) is 0 Å². The molecule has 2 aromatic carbocycles. The van der Waals surface area contributed by atoms with E-state index in [9.17, 15) is 0 Å². The van der Waals surface area contributed by atoms with Crippen LogP contribution in [0.3, 0.4) is 0 Å². The minimum absolute atomic E-state index is 0.145. The summed E-state index contributed by atoms with van der Waals surface area (Å²) in [6.45, 7) is 0. The molecule has 0 radical (unpaired) electrons. The normalized spacial score (nSPS) is 8.62. The van der Waals surface area contributed by atoms with Crippen LogP contribution in [0.25, 0.3) is 0 Å². The standard InChI is InChI=1S/C13H11.2BrH.Zr/c1-3-7-12(8-4-1)11-13-9-5-2-6-10-13;;;/h1-11H;2*1H;/q-1;;;+2/p-2. The molecule has 0 nitrogen and oxygen atoms in total. The second kappa shape index (κ2) is 9.21. The molecule has 0 atom stereocenters. The molecule has 3 heteroatoms. The largest absolute Gasteiger partial charge is 0.126 e. The van der Waals surface area contributed by atoms with Gasteiger partial charge in [0, 0.05) is 0 Å². The summed E-state index contributed by atoms with van der Waals surface area (Å²) < 4.78 is 0. The van der Waals surface area contributed by atoms with Gasteiger partial charge < -0.3 is 0 Å². The molecule has 0 bridgehead atoms. The Morgan fingerprint density at radius 3 is 1.31 bits per heavy atom. The van der Waals surface area contributed by atoms with E-state index in [0.29, 0.717) is 0 Å². The third kappa shape index (κ3) is 6.03. The Bertz CT molecular complexity index is 338. The molecule has 2 rings (SSSR count). The van der Waals surface area contributed by atoms with Crippen molar-refractivity contribution >= 4 is 24.4 Å². The van der Waals surface area contributed by atoms with E-state index >= 15 is 0 Å². The van der Waals surface area contributed by atoms with Crippen LogP contribution < -0.4 is 0 Å². The first-order valence-electron chi connectivity index (χ1n) is 4.78. The molecule has 82 valence electrons. The van der Waals surface area contributed by atoms with Crippen LogP contribution in [0.4, 0.5) is 0 Å². The molecule has 2 aromatic rings. The van der Waals surface area contributed by atoms with E-state index in [4.69, 9.17) is 0 Å². The molecule has 0 unspecified atom stereocenters. The third-order valence-corrected chi connectivity index (χ3v) is 1.93. The zero-order chi connectivity index (χ0) is 11.6. The van der Waals surface area contributed by atoms with Gasteiger partial charge in [0.1, 0.15) is 0 Å². The van der Waals surface area contributed by atoms with Crippen molar-refractivity contribution in [2.24, 2.45) is 0 Å². The number of rotatable bonds is 2. The minimum atomic E-state index is -0.145. The maximum Gasteiger partial charge on any atom is -0.0771 e. The zero-order valence-electron chi connectivity index (χ0n) is 8.61. The summed E-state index contributed by atoms with van der Waals surface area (Å²) in [5.41, 5.74) is 2.49. The van der Waals surface area contributed by atoms with Crippen molar-refractivity contribution in [3.05, 3.63) is 78.2 Å². The van der Waals surface area contributed by atoms with E-state index in [2.05, 4.69) is 79.4 Å². The topological polar surface area (TPSA) is 0 Å². The molecule has 0 amide bonds. The Kier molecular flexibility index (Phi) is 8.18. The van der Waals surface area contributed by atoms with Crippen LogP contribution in [-0.4, -0.2) is 0 Å². The molecule has 0 N–H and O–H groups in total. The zero-order valence-corrected chi connectivity index (χ0v) is 14.2. The van der Waals surface area contributed by atoms with Gasteiger partial charge in [-0.15, -0.1) is 41.8 Å². The van der Waals surface area contributed by atoms with Crippen LogP contribution in [-0.2, 0) is 18.5 Å². The van der Waals surface area contributed by atoms with Gasteiger partial charge >= 0.3 is 43.0 Å². The first-order valence-corrected chi connectivity index (χ1v) is 16.0. The number of hydrogen-bond donors (Lipinski definition) is 0. The van der Waals surface area contributed by atoms with Crippen LogP contribution in [0.5, 0.6) is 0 Å². The molecular weight excluding hydrogens is 407 g/mol.